The van der Waals surface area contributed by atoms with Crippen LogP contribution in [-0.2, 0) is 4.74 Å². The topological polar surface area (TPSA) is 56.2 Å². The van der Waals surface area contributed by atoms with Crippen LogP contribution in [-0.4, -0.2) is 35.4 Å². The summed E-state index contributed by atoms with van der Waals surface area (Å²) in [7, 11) is 0. The molecule has 0 spiro atoms. The average molecular weight is 378 g/mol. The van der Waals surface area contributed by atoms with Crippen molar-refractivity contribution in [2.75, 3.05) is 19.8 Å². The molecule has 2 aromatic rings. The summed E-state index contributed by atoms with van der Waals surface area (Å²) in [6.07, 6.45) is 1.02. The molecular formula is C17H20BrN3O2. The van der Waals surface area contributed by atoms with Crippen molar-refractivity contribution in [3.63, 3.8) is 0 Å². The van der Waals surface area contributed by atoms with E-state index in [2.05, 4.69) is 26.3 Å². The van der Waals surface area contributed by atoms with Crippen LogP contribution in [0.5, 0.6) is 0 Å². The van der Waals surface area contributed by atoms with Gasteiger partial charge in [0.15, 0.2) is 0 Å². The van der Waals surface area contributed by atoms with E-state index in [0.717, 1.165) is 41.2 Å². The van der Waals surface area contributed by atoms with E-state index in [-0.39, 0.29) is 5.91 Å². The molecule has 1 aromatic carbocycles. The maximum Gasteiger partial charge on any atom is 0.251 e. The molecule has 0 saturated carbocycles. The number of benzene rings is 1. The smallest absolute Gasteiger partial charge is 0.251 e. The van der Waals surface area contributed by atoms with Crippen LogP contribution in [0.4, 0.5) is 0 Å². The molecule has 0 radical (unpaired) electrons. The minimum atomic E-state index is -0.0435. The first-order chi connectivity index (χ1) is 11.1. The van der Waals surface area contributed by atoms with Crippen molar-refractivity contribution >= 4 is 21.8 Å². The fraction of sp³-hybridized carbons (Fsp3) is 0.412. The number of nitrogens with zero attached hydrogens (tertiary/aromatic N) is 2. The van der Waals surface area contributed by atoms with E-state index in [0.29, 0.717) is 18.0 Å². The highest BCUT2D eigenvalue weighted by molar-refractivity contribution is 9.10. The number of carbonyl (C=O) groups excluding carboxylic acids is 1. The first-order valence-corrected chi connectivity index (χ1v) is 8.53. The summed E-state index contributed by atoms with van der Waals surface area (Å²) in [5, 5.41) is 7.47. The second-order valence-corrected chi connectivity index (χ2v) is 6.68. The van der Waals surface area contributed by atoms with E-state index in [9.17, 15) is 4.79 Å². The van der Waals surface area contributed by atoms with E-state index in [4.69, 9.17) is 4.74 Å². The summed E-state index contributed by atoms with van der Waals surface area (Å²) >= 11 is 3.53. The summed E-state index contributed by atoms with van der Waals surface area (Å²) in [5.74, 6) is 0.392. The number of aryl methyl sites for hydroxylation is 1. The number of carbonyl (C=O) groups is 1. The molecule has 122 valence electrons. The van der Waals surface area contributed by atoms with Crippen molar-refractivity contribution in [2.24, 2.45) is 5.92 Å². The Balaban J connectivity index is 1.68. The second kappa shape index (κ2) is 6.84. The Kier molecular flexibility index (Phi) is 4.82. The summed E-state index contributed by atoms with van der Waals surface area (Å²) in [4.78, 5) is 12.2. The van der Waals surface area contributed by atoms with Crippen LogP contribution in [0.2, 0.25) is 0 Å². The van der Waals surface area contributed by atoms with Crippen molar-refractivity contribution in [1.82, 2.24) is 15.1 Å². The van der Waals surface area contributed by atoms with Crippen molar-refractivity contribution < 1.29 is 9.53 Å². The Hall–Kier alpha value is -1.66. The molecule has 0 aliphatic carbocycles. The number of ether oxygens (including phenoxy) is 1. The van der Waals surface area contributed by atoms with Crippen molar-refractivity contribution in [3.05, 3.63) is 45.7 Å². The lowest BCUT2D eigenvalue weighted by Crippen LogP contribution is -2.29. The van der Waals surface area contributed by atoms with Gasteiger partial charge in [0.05, 0.1) is 28.2 Å². The fourth-order valence-electron chi connectivity index (χ4n) is 2.71. The Morgan fingerprint density at radius 2 is 2.13 bits per heavy atom. The lowest BCUT2D eigenvalue weighted by Gasteiger charge is -2.10. The highest BCUT2D eigenvalue weighted by atomic mass is 79.9. The van der Waals surface area contributed by atoms with Crippen LogP contribution in [0.15, 0.2) is 28.7 Å². The number of hydrogen-bond acceptors (Lipinski definition) is 3. The third-order valence-corrected chi connectivity index (χ3v) is 5.30. The van der Waals surface area contributed by atoms with Gasteiger partial charge < -0.3 is 10.1 Å². The zero-order valence-electron chi connectivity index (χ0n) is 13.3. The van der Waals surface area contributed by atoms with Crippen LogP contribution in [0.3, 0.4) is 0 Å². The molecule has 3 rings (SSSR count). The van der Waals surface area contributed by atoms with Gasteiger partial charge in [0.1, 0.15) is 0 Å². The van der Waals surface area contributed by atoms with Crippen LogP contribution in [0.25, 0.3) is 5.69 Å². The number of rotatable bonds is 4. The number of nitrogens with one attached hydrogen (secondary N) is 1. The number of hydrogen-bond donors (Lipinski definition) is 1. The van der Waals surface area contributed by atoms with Crippen LogP contribution >= 0.6 is 15.9 Å². The predicted molar refractivity (Wildman–Crippen MR) is 92.0 cm³/mol. The van der Waals surface area contributed by atoms with E-state index < -0.39 is 0 Å². The second-order valence-electron chi connectivity index (χ2n) is 5.88. The summed E-state index contributed by atoms with van der Waals surface area (Å²) in [6.45, 7) is 6.18. The Morgan fingerprint density at radius 3 is 2.70 bits per heavy atom. The zero-order valence-corrected chi connectivity index (χ0v) is 14.9. The molecule has 1 aliphatic heterocycles. The maximum atomic E-state index is 12.2. The van der Waals surface area contributed by atoms with Crippen molar-refractivity contribution in [1.29, 1.82) is 0 Å². The molecule has 2 heterocycles. The molecule has 1 unspecified atom stereocenters. The SMILES string of the molecule is Cc1nn(-c2ccc(C(=O)NCC3CCOC3)cc2)c(C)c1Br. The third-order valence-electron chi connectivity index (χ3n) is 4.15. The van der Waals surface area contributed by atoms with E-state index in [1.54, 1.807) is 0 Å². The zero-order chi connectivity index (χ0) is 16.4. The highest BCUT2D eigenvalue weighted by Gasteiger charge is 2.17. The number of amides is 1. The Bertz CT molecular complexity index is 703. The van der Waals surface area contributed by atoms with Crippen LogP contribution in [0.1, 0.15) is 28.2 Å². The van der Waals surface area contributed by atoms with Crippen LogP contribution < -0.4 is 5.32 Å². The summed E-state index contributed by atoms with van der Waals surface area (Å²) in [6, 6.07) is 7.50. The molecule has 1 aliphatic rings. The number of aromatic nitrogens is 2. The molecule has 1 atom stereocenters. The molecule has 1 fully saturated rings. The quantitative estimate of drug-likeness (QED) is 0.890. The van der Waals surface area contributed by atoms with Gasteiger partial charge in [-0.25, -0.2) is 4.68 Å². The highest BCUT2D eigenvalue weighted by Crippen LogP contribution is 2.23. The Labute approximate surface area is 144 Å². The van der Waals surface area contributed by atoms with Gasteiger partial charge in [0.2, 0.25) is 0 Å². The molecule has 6 heteroatoms. The van der Waals surface area contributed by atoms with Gasteiger partial charge in [0, 0.05) is 24.6 Å². The largest absolute Gasteiger partial charge is 0.381 e. The molecular weight excluding hydrogens is 358 g/mol. The van der Waals surface area contributed by atoms with Gasteiger partial charge in [0.25, 0.3) is 5.91 Å². The molecule has 1 N–H and O–H groups in total. The lowest BCUT2D eigenvalue weighted by atomic mass is 10.1. The van der Waals surface area contributed by atoms with Gasteiger partial charge >= 0.3 is 0 Å². The molecule has 1 amide bonds. The van der Waals surface area contributed by atoms with Crippen molar-refractivity contribution in [3.8, 4) is 5.69 Å². The normalized spacial score (nSPS) is 17.4. The molecule has 23 heavy (non-hydrogen) atoms. The summed E-state index contributed by atoms with van der Waals surface area (Å²) in [5.41, 5.74) is 3.59. The fourth-order valence-corrected chi connectivity index (χ4v) is 2.96. The van der Waals surface area contributed by atoms with Gasteiger partial charge in [-0.05, 0) is 60.5 Å². The standard InChI is InChI=1S/C17H20BrN3O2/c1-11-16(18)12(2)21(20-11)15-5-3-14(4-6-15)17(22)19-9-13-7-8-23-10-13/h3-6,13H,7-10H2,1-2H3,(H,19,22). The monoisotopic (exact) mass is 377 g/mol. The van der Waals surface area contributed by atoms with Gasteiger partial charge in [-0.2, -0.15) is 5.10 Å². The van der Waals surface area contributed by atoms with E-state index in [1.165, 1.54) is 0 Å². The van der Waals surface area contributed by atoms with E-state index in [1.807, 2.05) is 42.8 Å². The van der Waals surface area contributed by atoms with E-state index >= 15 is 0 Å². The first-order valence-electron chi connectivity index (χ1n) is 7.74. The van der Waals surface area contributed by atoms with Crippen molar-refractivity contribution in [2.45, 2.75) is 20.3 Å². The third kappa shape index (κ3) is 3.48. The predicted octanol–water partition coefficient (Wildman–Crippen LogP) is 3.02. The van der Waals surface area contributed by atoms with Crippen LogP contribution in [0, 0.1) is 19.8 Å². The molecule has 0 bridgehead atoms. The number of halogens is 1. The average Bonchev–Trinajstić information content (AvgIpc) is 3.17. The lowest BCUT2D eigenvalue weighted by molar-refractivity contribution is 0.0945. The Morgan fingerprint density at radius 1 is 1.39 bits per heavy atom. The molecule has 1 saturated heterocycles. The molecule has 1 aromatic heterocycles. The van der Waals surface area contributed by atoms with Gasteiger partial charge in [-0.3, -0.25) is 4.79 Å². The first kappa shape index (κ1) is 16.2. The summed E-state index contributed by atoms with van der Waals surface area (Å²) < 4.78 is 8.20. The van der Waals surface area contributed by atoms with Gasteiger partial charge in [-0.15, -0.1) is 0 Å². The minimum Gasteiger partial charge on any atom is -0.381 e. The maximum absolute atomic E-state index is 12.2. The minimum absolute atomic E-state index is 0.0435. The van der Waals surface area contributed by atoms with Gasteiger partial charge in [-0.1, -0.05) is 0 Å². The molecule has 5 nitrogen and oxygen atoms in total.